The Kier molecular flexibility index (Phi) is 5.21. The molecule has 4 aromatic heterocycles. The van der Waals surface area contributed by atoms with Gasteiger partial charge in [0.05, 0.1) is 48.0 Å². The van der Waals surface area contributed by atoms with Crippen molar-refractivity contribution in [3.8, 4) is 11.9 Å². The summed E-state index contributed by atoms with van der Waals surface area (Å²) < 4.78 is 20.2. The monoisotopic (exact) mass is 422 g/mol. The van der Waals surface area contributed by atoms with E-state index in [1.807, 2.05) is 6.07 Å². The molecule has 0 spiro atoms. The molecule has 0 fully saturated rings. The van der Waals surface area contributed by atoms with Gasteiger partial charge in [0.15, 0.2) is 11.5 Å². The van der Waals surface area contributed by atoms with Crippen molar-refractivity contribution in [2.45, 2.75) is 13.0 Å². The number of rotatable bonds is 5. The molecule has 2 N–H and O–H groups in total. The smallest absolute Gasteiger partial charge is 0.323 e. The molecular weight excluding hydrogens is 407 g/mol. The number of anilines is 2. The number of nitriles is 1. The van der Waals surface area contributed by atoms with E-state index < -0.39 is 18.1 Å². The lowest BCUT2D eigenvalue weighted by molar-refractivity contribution is 0.114. The zero-order valence-electron chi connectivity index (χ0n) is 16.3. The Morgan fingerprint density at radius 1 is 1.23 bits per heavy atom. The van der Waals surface area contributed by atoms with Crippen molar-refractivity contribution < 1.29 is 13.9 Å². The van der Waals surface area contributed by atoms with Gasteiger partial charge in [-0.25, -0.2) is 19.3 Å². The predicted octanol–water partition coefficient (Wildman–Crippen LogP) is 2.07. The van der Waals surface area contributed by atoms with Gasteiger partial charge >= 0.3 is 6.03 Å². The predicted molar refractivity (Wildman–Crippen MR) is 105 cm³/mol. The normalized spacial score (nSPS) is 11.8. The van der Waals surface area contributed by atoms with Crippen molar-refractivity contribution in [1.82, 2.24) is 34.6 Å². The Hall–Kier alpha value is -4.44. The number of fused-ring (bicyclic) bond motifs is 1. The molecule has 0 bridgehead atoms. The van der Waals surface area contributed by atoms with Crippen LogP contribution in [0.4, 0.5) is 20.6 Å². The fourth-order valence-corrected chi connectivity index (χ4v) is 2.90. The van der Waals surface area contributed by atoms with Crippen LogP contribution in [-0.2, 0) is 4.74 Å². The number of urea groups is 1. The van der Waals surface area contributed by atoms with Gasteiger partial charge in [-0.2, -0.15) is 19.8 Å². The van der Waals surface area contributed by atoms with Gasteiger partial charge < -0.3 is 15.4 Å². The van der Waals surface area contributed by atoms with Crippen LogP contribution in [0.3, 0.4) is 0 Å². The highest BCUT2D eigenvalue weighted by Gasteiger charge is 2.19. The zero-order valence-corrected chi connectivity index (χ0v) is 16.3. The molecule has 156 valence electrons. The van der Waals surface area contributed by atoms with E-state index in [2.05, 4.69) is 35.9 Å². The van der Waals surface area contributed by atoms with Gasteiger partial charge in [-0.1, -0.05) is 0 Å². The molecule has 13 heteroatoms. The van der Waals surface area contributed by atoms with Gasteiger partial charge in [0.25, 0.3) is 0 Å². The van der Waals surface area contributed by atoms with Crippen molar-refractivity contribution in [1.29, 1.82) is 5.26 Å². The first-order chi connectivity index (χ1) is 15.0. The number of ether oxygens (including phenoxy) is 1. The maximum absolute atomic E-state index is 13.6. The van der Waals surface area contributed by atoms with Crippen LogP contribution in [0.15, 0.2) is 36.9 Å². The van der Waals surface area contributed by atoms with Gasteiger partial charge in [0.2, 0.25) is 5.95 Å². The van der Waals surface area contributed by atoms with Gasteiger partial charge in [-0.05, 0) is 13.0 Å². The summed E-state index contributed by atoms with van der Waals surface area (Å²) in [5.41, 5.74) is 1.38. The van der Waals surface area contributed by atoms with Gasteiger partial charge in [0.1, 0.15) is 11.6 Å². The molecule has 0 aliphatic carbocycles. The largest absolute Gasteiger partial charge is 0.375 e. The Morgan fingerprint density at radius 2 is 2.00 bits per heavy atom. The minimum Gasteiger partial charge on any atom is -0.375 e. The lowest BCUT2D eigenvalue weighted by Crippen LogP contribution is -2.22. The Labute approximate surface area is 174 Å². The number of carbonyl (C=O) groups excluding carboxylic acids is 1. The van der Waals surface area contributed by atoms with Gasteiger partial charge in [-0.3, -0.25) is 0 Å². The van der Waals surface area contributed by atoms with E-state index >= 15 is 0 Å². The maximum atomic E-state index is 13.6. The summed E-state index contributed by atoms with van der Waals surface area (Å²) in [6, 6.07) is 3.97. The first-order valence-corrected chi connectivity index (χ1v) is 8.92. The van der Waals surface area contributed by atoms with E-state index in [0.717, 1.165) is 0 Å². The summed E-state index contributed by atoms with van der Waals surface area (Å²) in [5.74, 6) is -0.481. The van der Waals surface area contributed by atoms with E-state index in [0.29, 0.717) is 5.69 Å². The number of pyridine rings is 1. The van der Waals surface area contributed by atoms with E-state index in [1.54, 1.807) is 6.92 Å². The Balaban J connectivity index is 1.59. The maximum Gasteiger partial charge on any atom is 0.323 e. The molecule has 1 atom stereocenters. The highest BCUT2D eigenvalue weighted by molar-refractivity contribution is 6.00. The van der Waals surface area contributed by atoms with Crippen LogP contribution in [0.2, 0.25) is 0 Å². The third-order valence-corrected chi connectivity index (χ3v) is 4.33. The van der Waals surface area contributed by atoms with Crippen LogP contribution >= 0.6 is 0 Å². The molecule has 4 heterocycles. The summed E-state index contributed by atoms with van der Waals surface area (Å²) in [7, 11) is 1.48. The number of carbonyl (C=O) groups is 1. The van der Waals surface area contributed by atoms with Crippen LogP contribution in [-0.4, -0.2) is 47.7 Å². The molecular formula is C18H15FN10O2. The molecule has 0 aliphatic rings. The van der Waals surface area contributed by atoms with Gasteiger partial charge in [-0.15, -0.1) is 9.90 Å². The van der Waals surface area contributed by atoms with Gasteiger partial charge in [0, 0.05) is 13.2 Å². The summed E-state index contributed by atoms with van der Waals surface area (Å²) >= 11 is 0. The van der Waals surface area contributed by atoms with Crippen LogP contribution in [0, 0.1) is 17.3 Å². The lowest BCUT2D eigenvalue weighted by Gasteiger charge is -2.17. The number of aromatic nitrogens is 7. The van der Waals surface area contributed by atoms with E-state index in [9.17, 15) is 14.4 Å². The quantitative estimate of drug-likeness (QED) is 0.497. The number of nitrogens with one attached hydrogen (secondary N) is 2. The highest BCUT2D eigenvalue weighted by Crippen LogP contribution is 2.25. The summed E-state index contributed by atoms with van der Waals surface area (Å²) in [6.45, 7) is 1.72. The number of hydrogen-bond donors (Lipinski definition) is 2. The zero-order chi connectivity index (χ0) is 22.0. The number of halogens is 1. The minimum atomic E-state index is -0.708. The fourth-order valence-electron chi connectivity index (χ4n) is 2.90. The van der Waals surface area contributed by atoms with Crippen molar-refractivity contribution >= 4 is 23.1 Å². The molecule has 31 heavy (non-hydrogen) atoms. The highest BCUT2D eigenvalue weighted by atomic mass is 19.1. The van der Waals surface area contributed by atoms with E-state index in [1.165, 1.54) is 53.3 Å². The number of nitrogens with zero attached hydrogens (tertiary/aromatic N) is 8. The molecule has 2 amide bonds. The summed E-state index contributed by atoms with van der Waals surface area (Å²) in [4.78, 5) is 22.0. The van der Waals surface area contributed by atoms with Crippen molar-refractivity contribution in [2.75, 3.05) is 17.7 Å². The molecule has 0 saturated heterocycles. The van der Waals surface area contributed by atoms with Crippen LogP contribution < -0.4 is 10.6 Å². The van der Waals surface area contributed by atoms with E-state index in [4.69, 9.17) is 4.74 Å². The third kappa shape index (κ3) is 3.87. The minimum absolute atomic E-state index is 0.165. The average molecular weight is 422 g/mol. The second-order valence-corrected chi connectivity index (χ2v) is 6.28. The van der Waals surface area contributed by atoms with Crippen molar-refractivity contribution in [3.63, 3.8) is 0 Å². The topological polar surface area (TPSA) is 148 Å². The molecule has 0 aliphatic heterocycles. The SMILES string of the molecule is COC(C)c1c(NC(=O)Nc2cnc(-n3nccn3)c(C#N)c2)cnc2cc(F)nn12. The van der Waals surface area contributed by atoms with Crippen molar-refractivity contribution in [3.05, 3.63) is 54.1 Å². The molecule has 1 unspecified atom stereocenters. The molecule has 0 radical (unpaired) electrons. The number of methoxy groups -OCH3 is 1. The van der Waals surface area contributed by atoms with Crippen molar-refractivity contribution in [2.24, 2.45) is 0 Å². The summed E-state index contributed by atoms with van der Waals surface area (Å²) in [6.07, 6.45) is 5.14. The Morgan fingerprint density at radius 3 is 2.71 bits per heavy atom. The molecule has 12 nitrogen and oxygen atoms in total. The number of amides is 2. The van der Waals surface area contributed by atoms with Crippen LogP contribution in [0.5, 0.6) is 0 Å². The fraction of sp³-hybridized carbons (Fsp3) is 0.167. The van der Waals surface area contributed by atoms with Crippen LogP contribution in [0.1, 0.15) is 24.3 Å². The first kappa shape index (κ1) is 19.9. The number of hydrogen-bond acceptors (Lipinski definition) is 8. The molecule has 0 saturated carbocycles. The Bertz CT molecular complexity index is 1290. The molecule has 4 rings (SSSR count). The second kappa shape index (κ2) is 8.13. The standard InChI is InChI=1S/C18H15FN10O2/c1-10(31-2)16-13(9-21-15-6-14(19)27-28(15)16)26-18(30)25-12-5-11(7-20)17(22-8-12)29-23-3-4-24-29/h3-6,8-10H,1-2H3,(H2,25,26,30). The first-order valence-electron chi connectivity index (χ1n) is 8.92. The average Bonchev–Trinajstić information content (AvgIpc) is 3.42. The lowest BCUT2D eigenvalue weighted by atomic mass is 10.2. The third-order valence-electron chi connectivity index (χ3n) is 4.33. The second-order valence-electron chi connectivity index (χ2n) is 6.28. The molecule has 0 aromatic carbocycles. The summed E-state index contributed by atoms with van der Waals surface area (Å²) in [5, 5.41) is 26.3. The van der Waals surface area contributed by atoms with E-state index in [-0.39, 0.29) is 28.4 Å². The molecule has 4 aromatic rings. The van der Waals surface area contributed by atoms with Crippen LogP contribution in [0.25, 0.3) is 11.5 Å².